The van der Waals surface area contributed by atoms with Gasteiger partial charge in [0.05, 0.1) is 16.2 Å². The third-order valence-electron chi connectivity index (χ3n) is 2.63. The standard InChI is InChI=1S/C11H13NS2/c12-8-9-4-1-2-5-10(9)14-11-6-3-7-13-11/h3,6-7,9-10H,1-2,4-5H2. The van der Waals surface area contributed by atoms with Gasteiger partial charge in [0.1, 0.15) is 0 Å². The second kappa shape index (κ2) is 4.86. The van der Waals surface area contributed by atoms with E-state index in [0.29, 0.717) is 5.25 Å². The normalized spacial score (nSPS) is 27.1. The quantitative estimate of drug-likeness (QED) is 0.758. The van der Waals surface area contributed by atoms with Crippen LogP contribution in [0.25, 0.3) is 0 Å². The number of rotatable bonds is 2. The van der Waals surface area contributed by atoms with Gasteiger partial charge in [-0.15, -0.1) is 23.1 Å². The van der Waals surface area contributed by atoms with Crippen molar-refractivity contribution in [1.82, 2.24) is 0 Å². The van der Waals surface area contributed by atoms with E-state index < -0.39 is 0 Å². The minimum Gasteiger partial charge on any atom is -0.198 e. The summed E-state index contributed by atoms with van der Waals surface area (Å²) >= 11 is 3.68. The van der Waals surface area contributed by atoms with Crippen LogP contribution in [0, 0.1) is 17.2 Å². The summed E-state index contributed by atoms with van der Waals surface area (Å²) in [5, 5.41) is 11.7. The summed E-state index contributed by atoms with van der Waals surface area (Å²) in [6, 6.07) is 6.68. The van der Waals surface area contributed by atoms with Crippen molar-refractivity contribution in [2.75, 3.05) is 0 Å². The lowest BCUT2D eigenvalue weighted by Crippen LogP contribution is -2.19. The molecule has 1 aromatic rings. The first-order chi connectivity index (χ1) is 6.90. The van der Waals surface area contributed by atoms with E-state index in [1.54, 1.807) is 11.3 Å². The molecule has 0 radical (unpaired) electrons. The molecule has 0 amide bonds. The molecular formula is C11H13NS2. The summed E-state index contributed by atoms with van der Waals surface area (Å²) < 4.78 is 1.36. The third kappa shape index (κ3) is 2.31. The zero-order valence-corrected chi connectivity index (χ0v) is 9.61. The summed E-state index contributed by atoms with van der Waals surface area (Å²) in [6.45, 7) is 0. The Morgan fingerprint density at radius 2 is 2.29 bits per heavy atom. The second-order valence-corrected chi connectivity index (χ2v) is 6.10. The smallest absolute Gasteiger partial charge is 0.0667 e. The molecule has 3 heteroatoms. The average Bonchev–Trinajstić information content (AvgIpc) is 2.71. The van der Waals surface area contributed by atoms with Crippen LogP contribution in [0.1, 0.15) is 25.7 Å². The molecule has 2 unspecified atom stereocenters. The van der Waals surface area contributed by atoms with Crippen LogP contribution in [0.5, 0.6) is 0 Å². The Hall–Kier alpha value is -0.460. The van der Waals surface area contributed by atoms with Crippen LogP contribution < -0.4 is 0 Å². The van der Waals surface area contributed by atoms with Crippen LogP contribution >= 0.6 is 23.1 Å². The fraction of sp³-hybridized carbons (Fsp3) is 0.545. The van der Waals surface area contributed by atoms with Gasteiger partial charge in [0, 0.05) is 5.25 Å². The predicted octanol–water partition coefficient (Wildman–Crippen LogP) is 3.92. The van der Waals surface area contributed by atoms with Gasteiger partial charge in [0.25, 0.3) is 0 Å². The summed E-state index contributed by atoms with van der Waals surface area (Å²) in [5.74, 6) is 0.274. The van der Waals surface area contributed by atoms with Crippen LogP contribution in [0.4, 0.5) is 0 Å². The molecule has 0 aromatic carbocycles. The Kier molecular flexibility index (Phi) is 3.49. The highest BCUT2D eigenvalue weighted by atomic mass is 32.2. The molecule has 0 N–H and O–H groups in total. The third-order valence-corrected chi connectivity index (χ3v) is 5.11. The summed E-state index contributed by atoms with van der Waals surface area (Å²) in [5.41, 5.74) is 0. The van der Waals surface area contributed by atoms with Crippen molar-refractivity contribution in [3.05, 3.63) is 17.5 Å². The van der Waals surface area contributed by atoms with Gasteiger partial charge in [-0.05, 0) is 24.3 Å². The lowest BCUT2D eigenvalue weighted by Gasteiger charge is -2.25. The molecule has 0 spiro atoms. The second-order valence-electron chi connectivity index (χ2n) is 3.61. The molecule has 74 valence electrons. The Balaban J connectivity index is 1.99. The number of thioether (sulfide) groups is 1. The van der Waals surface area contributed by atoms with Gasteiger partial charge in [-0.2, -0.15) is 5.26 Å². The average molecular weight is 223 g/mol. The van der Waals surface area contributed by atoms with E-state index in [2.05, 4.69) is 23.6 Å². The summed E-state index contributed by atoms with van der Waals surface area (Å²) in [6.07, 6.45) is 4.83. The summed E-state index contributed by atoms with van der Waals surface area (Å²) in [4.78, 5) is 0. The Labute approximate surface area is 93.1 Å². The molecule has 14 heavy (non-hydrogen) atoms. The number of nitrogens with zero attached hydrogens (tertiary/aromatic N) is 1. The zero-order valence-electron chi connectivity index (χ0n) is 7.98. The fourth-order valence-corrected chi connectivity index (χ4v) is 4.17. The van der Waals surface area contributed by atoms with Crippen LogP contribution in [0.3, 0.4) is 0 Å². The van der Waals surface area contributed by atoms with Gasteiger partial charge in [-0.3, -0.25) is 0 Å². The molecular weight excluding hydrogens is 210 g/mol. The van der Waals surface area contributed by atoms with E-state index in [1.807, 2.05) is 11.8 Å². The fourth-order valence-electron chi connectivity index (χ4n) is 1.87. The van der Waals surface area contributed by atoms with Crippen LogP contribution in [0.2, 0.25) is 0 Å². The van der Waals surface area contributed by atoms with Crippen LogP contribution in [-0.2, 0) is 0 Å². The molecule has 0 aliphatic heterocycles. The molecule has 0 bridgehead atoms. The minimum atomic E-state index is 0.274. The topological polar surface area (TPSA) is 23.8 Å². The molecule has 0 saturated heterocycles. The van der Waals surface area contributed by atoms with E-state index in [-0.39, 0.29) is 5.92 Å². The lowest BCUT2D eigenvalue weighted by molar-refractivity contribution is 0.440. The van der Waals surface area contributed by atoms with Crippen molar-refractivity contribution in [3.8, 4) is 6.07 Å². The molecule has 2 atom stereocenters. The van der Waals surface area contributed by atoms with Crippen LogP contribution in [0.15, 0.2) is 21.7 Å². The van der Waals surface area contributed by atoms with Gasteiger partial charge in [0.2, 0.25) is 0 Å². The largest absolute Gasteiger partial charge is 0.198 e. The number of thiophene rings is 1. The van der Waals surface area contributed by atoms with E-state index >= 15 is 0 Å². The van der Waals surface area contributed by atoms with Crippen molar-refractivity contribution < 1.29 is 0 Å². The lowest BCUT2D eigenvalue weighted by atomic mass is 9.90. The van der Waals surface area contributed by atoms with E-state index in [9.17, 15) is 0 Å². The molecule has 1 aliphatic rings. The van der Waals surface area contributed by atoms with Gasteiger partial charge >= 0.3 is 0 Å². The SMILES string of the molecule is N#CC1CCCCC1Sc1cccs1. The van der Waals surface area contributed by atoms with Crippen molar-refractivity contribution in [2.24, 2.45) is 5.92 Å². The maximum atomic E-state index is 9.03. The minimum absolute atomic E-state index is 0.274. The molecule has 1 saturated carbocycles. The number of hydrogen-bond donors (Lipinski definition) is 0. The number of hydrogen-bond acceptors (Lipinski definition) is 3. The van der Waals surface area contributed by atoms with E-state index in [1.165, 1.54) is 23.5 Å². The van der Waals surface area contributed by atoms with Crippen molar-refractivity contribution >= 4 is 23.1 Å². The zero-order chi connectivity index (χ0) is 9.80. The highest BCUT2D eigenvalue weighted by molar-refractivity contribution is 8.01. The first-order valence-electron chi connectivity index (χ1n) is 5.00. The molecule has 1 nitrogen and oxygen atoms in total. The van der Waals surface area contributed by atoms with E-state index in [4.69, 9.17) is 5.26 Å². The maximum absolute atomic E-state index is 9.03. The van der Waals surface area contributed by atoms with Crippen LogP contribution in [-0.4, -0.2) is 5.25 Å². The van der Waals surface area contributed by atoms with Gasteiger partial charge in [-0.1, -0.05) is 18.9 Å². The predicted molar refractivity (Wildman–Crippen MR) is 61.5 cm³/mol. The van der Waals surface area contributed by atoms with Crippen molar-refractivity contribution in [2.45, 2.75) is 35.1 Å². The Bertz CT molecular complexity index is 313. The first-order valence-corrected chi connectivity index (χ1v) is 6.76. The molecule has 1 fully saturated rings. The Morgan fingerprint density at radius 3 is 3.00 bits per heavy atom. The summed E-state index contributed by atoms with van der Waals surface area (Å²) in [7, 11) is 0. The number of nitriles is 1. The highest BCUT2D eigenvalue weighted by Crippen LogP contribution is 2.38. The molecule has 1 aliphatic carbocycles. The first kappa shape index (κ1) is 10.1. The van der Waals surface area contributed by atoms with Gasteiger partial charge < -0.3 is 0 Å². The van der Waals surface area contributed by atoms with Crippen molar-refractivity contribution in [1.29, 1.82) is 5.26 Å². The van der Waals surface area contributed by atoms with E-state index in [0.717, 1.165) is 6.42 Å². The van der Waals surface area contributed by atoms with Gasteiger partial charge in [-0.25, -0.2) is 0 Å². The molecule has 2 rings (SSSR count). The molecule has 1 heterocycles. The highest BCUT2D eigenvalue weighted by Gasteiger charge is 2.25. The molecule has 1 aromatic heterocycles. The Morgan fingerprint density at radius 1 is 1.43 bits per heavy atom. The maximum Gasteiger partial charge on any atom is 0.0667 e. The van der Waals surface area contributed by atoms with Crippen molar-refractivity contribution in [3.63, 3.8) is 0 Å². The van der Waals surface area contributed by atoms with Gasteiger partial charge in [0.15, 0.2) is 0 Å². The monoisotopic (exact) mass is 223 g/mol.